The molecule has 26 heavy (non-hydrogen) atoms. The van der Waals surface area contributed by atoms with Gasteiger partial charge >= 0.3 is 0 Å². The van der Waals surface area contributed by atoms with Crippen molar-refractivity contribution in [2.24, 2.45) is 0 Å². The first-order valence-corrected chi connectivity index (χ1v) is 8.82. The molecule has 0 saturated carbocycles. The summed E-state index contributed by atoms with van der Waals surface area (Å²) in [5.41, 5.74) is 4.43. The van der Waals surface area contributed by atoms with Gasteiger partial charge in [0.1, 0.15) is 5.75 Å². The first-order chi connectivity index (χ1) is 12.7. The quantitative estimate of drug-likeness (QED) is 0.737. The minimum atomic E-state index is -0.00260. The Bertz CT molecular complexity index is 901. The average molecular weight is 347 g/mol. The number of nitrogens with zero attached hydrogens (tertiary/aromatic N) is 1. The van der Waals surface area contributed by atoms with E-state index in [1.54, 1.807) is 0 Å². The van der Waals surface area contributed by atoms with E-state index < -0.39 is 0 Å². The van der Waals surface area contributed by atoms with E-state index in [1.165, 1.54) is 5.56 Å². The lowest BCUT2D eigenvalue weighted by atomic mass is 9.86. The highest BCUT2D eigenvalue weighted by Gasteiger charge is 2.30. The predicted molar refractivity (Wildman–Crippen MR) is 100 cm³/mol. The van der Waals surface area contributed by atoms with Crippen molar-refractivity contribution >= 4 is 11.7 Å². The van der Waals surface area contributed by atoms with Gasteiger partial charge in [0.05, 0.1) is 6.61 Å². The van der Waals surface area contributed by atoms with Crippen LogP contribution in [0.25, 0.3) is 0 Å². The predicted octanol–water partition coefficient (Wildman–Crippen LogP) is 3.81. The zero-order valence-corrected chi connectivity index (χ0v) is 14.7. The summed E-state index contributed by atoms with van der Waals surface area (Å²) in [4.78, 5) is 12.0. The number of ether oxygens (including phenoxy) is 1. The van der Waals surface area contributed by atoms with Crippen LogP contribution in [0.4, 0.5) is 5.82 Å². The Morgan fingerprint density at radius 3 is 2.65 bits per heavy atom. The molecule has 0 radical (unpaired) electrons. The van der Waals surface area contributed by atoms with Crippen LogP contribution >= 0.6 is 0 Å². The Balaban J connectivity index is 1.45. The molecule has 2 aromatic carbocycles. The molecule has 5 heteroatoms. The number of nitrogens with one attached hydrogen (secondary N) is 2. The molecule has 1 amide bonds. The van der Waals surface area contributed by atoms with Crippen LogP contribution < -0.4 is 10.1 Å². The molecule has 0 bridgehead atoms. The van der Waals surface area contributed by atoms with Crippen LogP contribution in [0.5, 0.6) is 5.75 Å². The molecule has 132 valence electrons. The number of amides is 1. The van der Waals surface area contributed by atoms with Crippen molar-refractivity contribution in [2.45, 2.75) is 25.7 Å². The van der Waals surface area contributed by atoms with Gasteiger partial charge in [-0.05, 0) is 30.2 Å². The maximum atomic E-state index is 12.0. The molecule has 0 unspecified atom stereocenters. The lowest BCUT2D eigenvalue weighted by Gasteiger charge is -2.23. The number of carbonyl (C=O) groups excluding carboxylic acids is 1. The largest absolute Gasteiger partial charge is 0.493 e. The number of aromatic amines is 1. The van der Waals surface area contributed by atoms with Crippen molar-refractivity contribution in [1.29, 1.82) is 0 Å². The van der Waals surface area contributed by atoms with Crippen molar-refractivity contribution in [3.63, 3.8) is 0 Å². The summed E-state index contributed by atoms with van der Waals surface area (Å²) in [6.07, 6.45) is 1.31. The number of H-pyrrole nitrogens is 1. The molecule has 0 spiro atoms. The number of aromatic nitrogens is 2. The molecule has 0 saturated heterocycles. The molecule has 2 N–H and O–H groups in total. The van der Waals surface area contributed by atoms with E-state index in [-0.39, 0.29) is 11.8 Å². The molecule has 3 aromatic rings. The summed E-state index contributed by atoms with van der Waals surface area (Å²) in [6.45, 7) is 2.62. The van der Waals surface area contributed by atoms with Gasteiger partial charge in [0.2, 0.25) is 5.91 Å². The first kappa shape index (κ1) is 16.4. The minimum Gasteiger partial charge on any atom is -0.493 e. The zero-order chi connectivity index (χ0) is 17.9. The van der Waals surface area contributed by atoms with Gasteiger partial charge in [0.15, 0.2) is 5.82 Å². The minimum absolute atomic E-state index is 0.00260. The maximum absolute atomic E-state index is 12.0. The number of aryl methyl sites for hydroxylation is 1. The number of rotatable bonds is 5. The van der Waals surface area contributed by atoms with Crippen LogP contribution in [0, 0.1) is 6.92 Å². The fourth-order valence-electron chi connectivity index (χ4n) is 3.44. The molecule has 5 nitrogen and oxygen atoms in total. The molecular weight excluding hydrogens is 326 g/mol. The van der Waals surface area contributed by atoms with Crippen LogP contribution in [0.3, 0.4) is 0 Å². The SMILES string of the molecule is Cc1[nH]nc2c1[C@@H](c1ccc(OCCc3ccccc3)cc1)CC(=O)N2. The van der Waals surface area contributed by atoms with Crippen LogP contribution in [-0.2, 0) is 11.2 Å². The number of fused-ring (bicyclic) bond motifs is 1. The summed E-state index contributed by atoms with van der Waals surface area (Å²) in [5, 5.41) is 9.98. The van der Waals surface area contributed by atoms with Crippen molar-refractivity contribution in [3.05, 3.63) is 77.0 Å². The number of hydrogen-bond donors (Lipinski definition) is 2. The summed E-state index contributed by atoms with van der Waals surface area (Å²) in [7, 11) is 0. The molecule has 1 atom stereocenters. The highest BCUT2D eigenvalue weighted by atomic mass is 16.5. The summed E-state index contributed by atoms with van der Waals surface area (Å²) >= 11 is 0. The van der Waals surface area contributed by atoms with Crippen molar-refractivity contribution in [3.8, 4) is 5.75 Å². The van der Waals surface area contributed by atoms with E-state index in [4.69, 9.17) is 4.74 Å². The molecule has 0 fully saturated rings. The van der Waals surface area contributed by atoms with E-state index in [2.05, 4.69) is 27.6 Å². The first-order valence-electron chi connectivity index (χ1n) is 8.82. The Morgan fingerprint density at radius 1 is 1.12 bits per heavy atom. The van der Waals surface area contributed by atoms with Gasteiger partial charge < -0.3 is 10.1 Å². The van der Waals surface area contributed by atoms with E-state index >= 15 is 0 Å². The van der Waals surface area contributed by atoms with Crippen LogP contribution in [0.2, 0.25) is 0 Å². The fraction of sp³-hybridized carbons (Fsp3) is 0.238. The normalized spacial score (nSPS) is 16.0. The Labute approximate surface area is 152 Å². The summed E-state index contributed by atoms with van der Waals surface area (Å²) in [5.74, 6) is 1.51. The Hall–Kier alpha value is -3.08. The highest BCUT2D eigenvalue weighted by molar-refractivity contribution is 5.94. The second-order valence-corrected chi connectivity index (χ2v) is 6.57. The fourth-order valence-corrected chi connectivity index (χ4v) is 3.44. The second-order valence-electron chi connectivity index (χ2n) is 6.57. The third-order valence-electron chi connectivity index (χ3n) is 4.78. The molecule has 4 rings (SSSR count). The van der Waals surface area contributed by atoms with Gasteiger partial charge in [-0.25, -0.2) is 0 Å². The average Bonchev–Trinajstić information content (AvgIpc) is 3.03. The lowest BCUT2D eigenvalue weighted by molar-refractivity contribution is -0.116. The monoisotopic (exact) mass is 347 g/mol. The number of anilines is 1. The van der Waals surface area contributed by atoms with Gasteiger partial charge in [-0.15, -0.1) is 0 Å². The van der Waals surface area contributed by atoms with E-state index in [1.807, 2.05) is 49.4 Å². The van der Waals surface area contributed by atoms with Gasteiger partial charge in [-0.2, -0.15) is 5.10 Å². The number of benzene rings is 2. The van der Waals surface area contributed by atoms with Crippen LogP contribution in [0.1, 0.15) is 34.7 Å². The molecule has 1 aliphatic rings. The molecule has 2 heterocycles. The molecule has 1 aliphatic heterocycles. The topological polar surface area (TPSA) is 67.0 Å². The highest BCUT2D eigenvalue weighted by Crippen LogP contribution is 2.38. The van der Waals surface area contributed by atoms with Gasteiger partial charge in [-0.3, -0.25) is 9.89 Å². The van der Waals surface area contributed by atoms with Crippen molar-refractivity contribution < 1.29 is 9.53 Å². The zero-order valence-electron chi connectivity index (χ0n) is 14.7. The van der Waals surface area contributed by atoms with Crippen LogP contribution in [0.15, 0.2) is 54.6 Å². The van der Waals surface area contributed by atoms with Crippen LogP contribution in [-0.4, -0.2) is 22.7 Å². The second kappa shape index (κ2) is 7.04. The Morgan fingerprint density at radius 2 is 1.88 bits per heavy atom. The standard InChI is InChI=1S/C21H21N3O2/c1-14-20-18(13-19(25)22-21(20)24-23-14)16-7-9-17(10-8-16)26-12-11-15-5-3-2-4-6-15/h2-10,18H,11-13H2,1H3,(H2,22,23,24,25)/t18-/m1/s1. The van der Waals surface area contributed by atoms with Crippen molar-refractivity contribution in [1.82, 2.24) is 10.2 Å². The summed E-state index contributed by atoms with van der Waals surface area (Å²) < 4.78 is 5.85. The lowest BCUT2D eigenvalue weighted by Crippen LogP contribution is -2.23. The molecular formula is C21H21N3O2. The van der Waals surface area contributed by atoms with Crippen molar-refractivity contribution in [2.75, 3.05) is 11.9 Å². The van der Waals surface area contributed by atoms with Gasteiger partial charge in [0.25, 0.3) is 0 Å². The third-order valence-corrected chi connectivity index (χ3v) is 4.78. The maximum Gasteiger partial charge on any atom is 0.226 e. The summed E-state index contributed by atoms with van der Waals surface area (Å²) in [6, 6.07) is 18.3. The number of hydrogen-bond acceptors (Lipinski definition) is 3. The number of carbonyl (C=O) groups is 1. The van der Waals surface area contributed by atoms with E-state index in [9.17, 15) is 4.79 Å². The molecule has 1 aromatic heterocycles. The van der Waals surface area contributed by atoms with Gasteiger partial charge in [0, 0.05) is 30.0 Å². The smallest absolute Gasteiger partial charge is 0.226 e. The van der Waals surface area contributed by atoms with Gasteiger partial charge in [-0.1, -0.05) is 42.5 Å². The third kappa shape index (κ3) is 3.33. The van der Waals surface area contributed by atoms with E-state index in [0.717, 1.165) is 29.0 Å². The Kier molecular flexibility index (Phi) is 4.44. The van der Waals surface area contributed by atoms with E-state index in [0.29, 0.717) is 18.8 Å². The molecule has 0 aliphatic carbocycles.